The number of carbonyl (C=O) groups excluding carboxylic acids is 1. The van der Waals surface area contributed by atoms with Crippen LogP contribution in [0.25, 0.3) is 0 Å². The molecule has 122 valence electrons. The fourth-order valence-electron chi connectivity index (χ4n) is 4.01. The van der Waals surface area contributed by atoms with Crippen LogP contribution in [-0.2, 0) is 11.3 Å². The zero-order chi connectivity index (χ0) is 16.9. The Morgan fingerprint density at radius 2 is 1.17 bits per heavy atom. The van der Waals surface area contributed by atoms with Crippen molar-refractivity contribution in [2.24, 2.45) is 0 Å². The van der Waals surface area contributed by atoms with E-state index in [1.807, 2.05) is 60.7 Å². The molecule has 2 aliphatic heterocycles. The van der Waals surface area contributed by atoms with Crippen LogP contribution in [0.5, 0.6) is 0 Å². The van der Waals surface area contributed by atoms with Crippen molar-refractivity contribution >= 4 is 23.4 Å². The second kappa shape index (κ2) is 4.95. The fourth-order valence-corrected chi connectivity index (χ4v) is 4.31. The lowest BCUT2D eigenvalue weighted by Gasteiger charge is -2.43. The van der Waals surface area contributed by atoms with Crippen molar-refractivity contribution in [1.29, 1.82) is 0 Å². The van der Waals surface area contributed by atoms with Crippen molar-refractivity contribution in [2.45, 2.75) is 11.3 Å². The number of fused-ring (bicyclic) bond motifs is 1. The maximum absolute atomic E-state index is 12.9. The number of nitrogens with zero attached hydrogens (tertiary/aromatic N) is 2. The first-order valence-corrected chi connectivity index (χ1v) is 8.18. The number of benzene rings is 2. The summed E-state index contributed by atoms with van der Waals surface area (Å²) in [6, 6.07) is 19.8. The average molecular weight is 338 g/mol. The van der Waals surface area contributed by atoms with Gasteiger partial charge in [0.25, 0.3) is 0 Å². The summed E-state index contributed by atoms with van der Waals surface area (Å²) in [5.74, 6) is 0. The van der Waals surface area contributed by atoms with Gasteiger partial charge in [-0.25, -0.2) is 4.79 Å². The van der Waals surface area contributed by atoms with Crippen LogP contribution in [0, 0.1) is 0 Å². The fraction of sp³-hybridized carbons (Fsp3) is 0.222. The Bertz CT molecular complexity index is 747. The highest BCUT2D eigenvalue weighted by Crippen LogP contribution is 2.52. The first kappa shape index (κ1) is 15.0. The van der Waals surface area contributed by atoms with Crippen molar-refractivity contribution < 1.29 is 4.79 Å². The Kier molecular flexibility index (Phi) is 3.08. The molecule has 0 spiro atoms. The summed E-state index contributed by atoms with van der Waals surface area (Å²) < 4.78 is 0. The topological polar surface area (TPSA) is 47.6 Å². The number of carbonyl (C=O) groups is 1. The first-order chi connectivity index (χ1) is 11.5. The molecule has 5 nitrogen and oxygen atoms in total. The molecule has 2 saturated heterocycles. The number of urea groups is 1. The number of likely N-dealkylation sites (N-methyl/N-ethyl adjacent to an activating group) is 2. The van der Waals surface area contributed by atoms with Gasteiger partial charge in [0.2, 0.25) is 0 Å². The predicted octanol–water partition coefficient (Wildman–Crippen LogP) is 2.17. The molecule has 0 aliphatic carbocycles. The van der Waals surface area contributed by atoms with Crippen molar-refractivity contribution in [3.05, 3.63) is 71.8 Å². The van der Waals surface area contributed by atoms with Crippen LogP contribution in [0.2, 0.25) is 0 Å². The van der Waals surface area contributed by atoms with E-state index in [2.05, 4.69) is 10.6 Å². The van der Waals surface area contributed by atoms with E-state index >= 15 is 0 Å². The molecular formula is C18H18N4OS. The van der Waals surface area contributed by atoms with Crippen molar-refractivity contribution in [3.63, 3.8) is 0 Å². The van der Waals surface area contributed by atoms with E-state index in [-0.39, 0.29) is 6.03 Å². The molecule has 2 N–H and O–H groups in total. The van der Waals surface area contributed by atoms with Gasteiger partial charge >= 0.3 is 6.03 Å². The number of nitrogens with one attached hydrogen (secondary N) is 2. The summed E-state index contributed by atoms with van der Waals surface area (Å²) in [4.78, 5) is 16.4. The summed E-state index contributed by atoms with van der Waals surface area (Å²) >= 11 is 5.47. The highest BCUT2D eigenvalue weighted by molar-refractivity contribution is 7.80. The summed E-state index contributed by atoms with van der Waals surface area (Å²) in [6.07, 6.45) is 0. The molecule has 0 bridgehead atoms. The minimum absolute atomic E-state index is 0.0785. The number of rotatable bonds is 2. The third-order valence-corrected chi connectivity index (χ3v) is 5.28. The van der Waals surface area contributed by atoms with Crippen LogP contribution in [0.1, 0.15) is 11.1 Å². The smallest absolute Gasteiger partial charge is 0.324 e. The van der Waals surface area contributed by atoms with Gasteiger partial charge in [-0.2, -0.15) is 0 Å². The van der Waals surface area contributed by atoms with Gasteiger partial charge in [-0.1, -0.05) is 60.7 Å². The molecule has 2 heterocycles. The highest BCUT2D eigenvalue weighted by Gasteiger charge is 2.71. The lowest BCUT2D eigenvalue weighted by atomic mass is 9.82. The van der Waals surface area contributed by atoms with E-state index in [9.17, 15) is 4.79 Å². The van der Waals surface area contributed by atoms with Gasteiger partial charge in [0, 0.05) is 25.2 Å². The summed E-state index contributed by atoms with van der Waals surface area (Å²) in [5.41, 5.74) is 0.305. The zero-order valence-electron chi connectivity index (χ0n) is 13.5. The van der Waals surface area contributed by atoms with Crippen molar-refractivity contribution in [3.8, 4) is 0 Å². The van der Waals surface area contributed by atoms with E-state index < -0.39 is 11.3 Å². The molecule has 0 radical (unpaired) electrons. The summed E-state index contributed by atoms with van der Waals surface area (Å²) in [7, 11) is 3.61. The van der Waals surface area contributed by atoms with Gasteiger partial charge < -0.3 is 10.6 Å². The molecule has 2 atom stereocenters. The zero-order valence-corrected chi connectivity index (χ0v) is 14.3. The van der Waals surface area contributed by atoms with Crippen molar-refractivity contribution in [2.75, 3.05) is 14.1 Å². The number of hydrogen-bond acceptors (Lipinski definition) is 2. The van der Waals surface area contributed by atoms with Gasteiger partial charge in [0.15, 0.2) is 16.4 Å². The van der Waals surface area contributed by atoms with E-state index in [4.69, 9.17) is 12.2 Å². The Balaban J connectivity index is 2.07. The van der Waals surface area contributed by atoms with E-state index in [1.54, 1.807) is 23.9 Å². The second-order valence-corrected chi connectivity index (χ2v) is 6.54. The van der Waals surface area contributed by atoms with Crippen molar-refractivity contribution in [1.82, 2.24) is 20.4 Å². The summed E-state index contributed by atoms with van der Waals surface area (Å²) in [5, 5.41) is 7.28. The van der Waals surface area contributed by atoms with Crippen LogP contribution >= 0.6 is 12.2 Å². The molecule has 2 aliphatic rings. The minimum atomic E-state index is -0.821. The lowest BCUT2D eigenvalue weighted by molar-refractivity contribution is 0.0616. The molecule has 2 fully saturated rings. The quantitative estimate of drug-likeness (QED) is 0.824. The molecule has 2 aromatic carbocycles. The Morgan fingerprint density at radius 1 is 0.792 bits per heavy atom. The number of thiocarbonyl (C=S) groups is 1. The molecular weight excluding hydrogens is 320 g/mol. The van der Waals surface area contributed by atoms with Crippen LogP contribution in [-0.4, -0.2) is 35.0 Å². The SMILES string of the molecule is CN1C(=O)N(C)C2(c3ccccc3)NC(=S)NC12c1ccccc1. The van der Waals surface area contributed by atoms with Gasteiger partial charge in [-0.05, 0) is 12.2 Å². The van der Waals surface area contributed by atoms with Gasteiger partial charge in [-0.15, -0.1) is 0 Å². The Labute approximate surface area is 146 Å². The molecule has 0 aromatic heterocycles. The molecule has 6 heteroatoms. The standard InChI is InChI=1S/C18H18N4OS/c1-21-16(23)22(2)18(14-11-7-4-8-12-14)17(21,19-15(24)20-18)13-9-5-3-6-10-13/h3-12H,1-2H3,(H2,19,20,24). The second-order valence-electron chi connectivity index (χ2n) is 6.13. The lowest BCUT2D eigenvalue weighted by Crippen LogP contribution is -2.61. The Morgan fingerprint density at radius 3 is 1.54 bits per heavy atom. The van der Waals surface area contributed by atoms with Crippen LogP contribution in [0.4, 0.5) is 4.79 Å². The molecule has 4 rings (SSSR count). The van der Waals surface area contributed by atoms with Crippen LogP contribution < -0.4 is 10.6 Å². The maximum atomic E-state index is 12.9. The summed E-state index contributed by atoms with van der Waals surface area (Å²) in [6.45, 7) is 0. The third kappa shape index (κ3) is 1.58. The molecule has 2 aromatic rings. The number of amides is 2. The molecule has 2 amide bonds. The van der Waals surface area contributed by atoms with Crippen LogP contribution in [0.15, 0.2) is 60.7 Å². The number of hydrogen-bond donors (Lipinski definition) is 2. The minimum Gasteiger partial charge on any atom is -0.332 e. The first-order valence-electron chi connectivity index (χ1n) is 7.77. The van der Waals surface area contributed by atoms with E-state index in [0.29, 0.717) is 5.11 Å². The predicted molar refractivity (Wildman–Crippen MR) is 96.0 cm³/mol. The monoisotopic (exact) mass is 338 g/mol. The third-order valence-electron chi connectivity index (χ3n) is 5.08. The van der Waals surface area contributed by atoms with E-state index in [0.717, 1.165) is 11.1 Å². The largest absolute Gasteiger partial charge is 0.332 e. The molecule has 0 saturated carbocycles. The van der Waals surface area contributed by atoms with Gasteiger partial charge in [-0.3, -0.25) is 9.80 Å². The van der Waals surface area contributed by atoms with E-state index in [1.165, 1.54) is 0 Å². The highest BCUT2D eigenvalue weighted by atomic mass is 32.1. The average Bonchev–Trinajstić information content (AvgIpc) is 3.02. The normalized spacial score (nSPS) is 28.6. The van der Waals surface area contributed by atoms with Gasteiger partial charge in [0.05, 0.1) is 0 Å². The molecule has 24 heavy (non-hydrogen) atoms. The molecule has 2 unspecified atom stereocenters. The van der Waals surface area contributed by atoms with Gasteiger partial charge in [0.1, 0.15) is 0 Å². The van der Waals surface area contributed by atoms with Crippen LogP contribution in [0.3, 0.4) is 0 Å². The Hall–Kier alpha value is -2.60. The maximum Gasteiger partial charge on any atom is 0.324 e.